The molecule has 1 fully saturated rings. The fourth-order valence-electron chi connectivity index (χ4n) is 7.66. The third kappa shape index (κ3) is 40.1. The number of carboxylic acids is 1. The highest BCUT2D eigenvalue weighted by molar-refractivity contribution is 5.74. The van der Waals surface area contributed by atoms with Crippen LogP contribution in [0, 0.1) is 0 Å². The Labute approximate surface area is 452 Å². The summed E-state index contributed by atoms with van der Waals surface area (Å²) in [7, 11) is 0. The van der Waals surface area contributed by atoms with Crippen molar-refractivity contribution in [1.82, 2.24) is 0 Å². The molecule has 0 amide bonds. The van der Waals surface area contributed by atoms with Gasteiger partial charge in [-0.1, -0.05) is 181 Å². The third-order valence-electron chi connectivity index (χ3n) is 12.0. The predicted molar refractivity (Wildman–Crippen MR) is 303 cm³/mol. The van der Waals surface area contributed by atoms with E-state index in [0.29, 0.717) is 19.3 Å². The molecule has 1 aliphatic rings. The summed E-state index contributed by atoms with van der Waals surface area (Å²) in [5.41, 5.74) is 0. The van der Waals surface area contributed by atoms with Crippen molar-refractivity contribution in [3.63, 3.8) is 0 Å². The Morgan fingerprint density at radius 1 is 0.453 bits per heavy atom. The molecule has 1 aliphatic heterocycles. The van der Waals surface area contributed by atoms with Crippen LogP contribution in [0.15, 0.2) is 122 Å². The van der Waals surface area contributed by atoms with Crippen LogP contribution in [0.3, 0.4) is 0 Å². The summed E-state index contributed by atoms with van der Waals surface area (Å²) in [5, 5.41) is 31.4. The molecule has 12 heteroatoms. The fourth-order valence-corrected chi connectivity index (χ4v) is 7.66. The second-order valence-electron chi connectivity index (χ2n) is 18.8. The van der Waals surface area contributed by atoms with Crippen molar-refractivity contribution < 1.29 is 58.2 Å². The first-order chi connectivity index (χ1) is 36.6. The van der Waals surface area contributed by atoms with Gasteiger partial charge in [0.05, 0.1) is 6.61 Å². The number of carbonyl (C=O) groups is 4. The first kappa shape index (κ1) is 68.1. The maximum absolute atomic E-state index is 13.1. The van der Waals surface area contributed by atoms with E-state index in [4.69, 9.17) is 23.7 Å². The van der Waals surface area contributed by atoms with E-state index in [1.165, 1.54) is 12.8 Å². The Balaban J connectivity index is 2.74. The Morgan fingerprint density at radius 2 is 0.840 bits per heavy atom. The Morgan fingerprint density at radius 3 is 1.33 bits per heavy atom. The first-order valence-electron chi connectivity index (χ1n) is 28.5. The highest BCUT2D eigenvalue weighted by Gasteiger charge is 2.50. The number of aliphatic carboxylic acids is 1. The normalized spacial score (nSPS) is 19.1. The molecule has 12 nitrogen and oxygen atoms in total. The van der Waals surface area contributed by atoms with Crippen LogP contribution in [0.5, 0.6) is 0 Å². The van der Waals surface area contributed by atoms with Gasteiger partial charge in [-0.15, -0.1) is 0 Å². The molecule has 0 saturated carbocycles. The van der Waals surface area contributed by atoms with Crippen LogP contribution < -0.4 is 0 Å². The molecule has 6 unspecified atom stereocenters. The number of esters is 3. The molecule has 1 rings (SSSR count). The number of ether oxygens (including phenoxy) is 5. The molecule has 0 bridgehead atoms. The monoisotopic (exact) mass is 1050 g/mol. The molecule has 6 atom stereocenters. The lowest BCUT2D eigenvalue weighted by Gasteiger charge is -2.40. The lowest BCUT2D eigenvalue weighted by molar-refractivity contribution is -0.301. The lowest BCUT2D eigenvalue weighted by atomic mass is 9.98. The average molecular weight is 1050 g/mol. The maximum atomic E-state index is 13.1. The Hall–Kier alpha value is -4.88. The summed E-state index contributed by atoms with van der Waals surface area (Å²) in [5.74, 6) is -3.25. The largest absolute Gasteiger partial charge is 0.479 e. The van der Waals surface area contributed by atoms with E-state index in [9.17, 15) is 34.5 Å². The van der Waals surface area contributed by atoms with Gasteiger partial charge in [0.1, 0.15) is 18.8 Å². The van der Waals surface area contributed by atoms with Crippen molar-refractivity contribution in [2.24, 2.45) is 0 Å². The van der Waals surface area contributed by atoms with Crippen LogP contribution in [0.4, 0.5) is 0 Å². The van der Waals surface area contributed by atoms with Gasteiger partial charge in [-0.3, -0.25) is 14.4 Å². The minimum atomic E-state index is -1.93. The molecule has 1 saturated heterocycles. The smallest absolute Gasteiger partial charge is 0.335 e. The molecule has 1 heterocycles. The van der Waals surface area contributed by atoms with Crippen LogP contribution in [0.1, 0.15) is 201 Å². The highest BCUT2D eigenvalue weighted by atomic mass is 16.7. The Kier molecular flexibility index (Phi) is 45.4. The first-order valence-corrected chi connectivity index (χ1v) is 28.5. The number of hydrogen-bond acceptors (Lipinski definition) is 11. The van der Waals surface area contributed by atoms with Gasteiger partial charge in [-0.25, -0.2) is 4.79 Å². The summed E-state index contributed by atoms with van der Waals surface area (Å²) in [6.45, 7) is 5.64. The fraction of sp³-hybridized carbons (Fsp3) is 0.619. The summed E-state index contributed by atoms with van der Waals surface area (Å²) >= 11 is 0. The van der Waals surface area contributed by atoms with Gasteiger partial charge < -0.3 is 39.0 Å². The number of allylic oxidation sites excluding steroid dienone is 20. The second-order valence-corrected chi connectivity index (χ2v) is 18.8. The zero-order valence-corrected chi connectivity index (χ0v) is 46.2. The number of aliphatic hydroxyl groups excluding tert-OH is 2. The zero-order valence-electron chi connectivity index (χ0n) is 46.2. The van der Waals surface area contributed by atoms with E-state index in [1.807, 2.05) is 0 Å². The number of unbranched alkanes of at least 4 members (excludes halogenated alkanes) is 12. The summed E-state index contributed by atoms with van der Waals surface area (Å²) in [6.07, 6.45) is 56.1. The van der Waals surface area contributed by atoms with Crippen molar-refractivity contribution in [3.8, 4) is 0 Å². The average Bonchev–Trinajstić information content (AvgIpc) is 3.39. The number of carboxylic acid groups (broad SMARTS) is 1. The number of carbonyl (C=O) groups excluding carboxylic acids is 3. The van der Waals surface area contributed by atoms with Gasteiger partial charge in [-0.05, 0) is 122 Å². The van der Waals surface area contributed by atoms with Crippen LogP contribution in [-0.2, 0) is 42.9 Å². The van der Waals surface area contributed by atoms with E-state index < -0.39 is 67.3 Å². The molecule has 75 heavy (non-hydrogen) atoms. The van der Waals surface area contributed by atoms with Crippen molar-refractivity contribution in [2.45, 2.75) is 237 Å². The molecule has 422 valence electrons. The molecular weight excluding hydrogens is 949 g/mol. The molecule has 3 N–H and O–H groups in total. The van der Waals surface area contributed by atoms with E-state index >= 15 is 0 Å². The van der Waals surface area contributed by atoms with E-state index in [-0.39, 0.29) is 25.9 Å². The van der Waals surface area contributed by atoms with Crippen LogP contribution >= 0.6 is 0 Å². The quantitative estimate of drug-likeness (QED) is 0.0228. The van der Waals surface area contributed by atoms with Gasteiger partial charge in [0.2, 0.25) is 0 Å². The van der Waals surface area contributed by atoms with Crippen molar-refractivity contribution in [1.29, 1.82) is 0 Å². The standard InChI is InChI=1S/C63H98O12/c1-4-7-10-13-16-19-22-24-26-27-28-29-31-33-36-39-42-45-48-51-57(66)74-61-59(68)58(67)60(62(69)70)75-63(61)72-53-54(73-56(65)50-47-44-41-38-34-21-18-15-12-9-6-3)52-71-55(64)49-46-43-40-37-35-32-30-25-23-20-17-14-11-8-5-2/h7-8,10-11,15-20,24-26,28-30,33,35-37,54,58-61,63,67-68H,4-6,9,12-14,21-23,27,31-32,34,38-53H2,1-3H3,(H,69,70)/b10-7-,11-8-,18-15-,19-16-,20-17-,26-24-,29-28-,30-25-,36-33-,37-35-. The van der Waals surface area contributed by atoms with Gasteiger partial charge >= 0.3 is 23.9 Å². The molecule has 0 aromatic rings. The van der Waals surface area contributed by atoms with Crippen LogP contribution in [0.25, 0.3) is 0 Å². The molecular formula is C63H98O12. The molecule has 0 aromatic carbocycles. The van der Waals surface area contributed by atoms with E-state index in [2.05, 4.69) is 142 Å². The summed E-state index contributed by atoms with van der Waals surface area (Å²) in [6, 6.07) is 0. The lowest BCUT2D eigenvalue weighted by Crippen LogP contribution is -2.61. The maximum Gasteiger partial charge on any atom is 0.335 e. The number of hydrogen-bond donors (Lipinski definition) is 3. The zero-order chi connectivity index (χ0) is 54.7. The van der Waals surface area contributed by atoms with Crippen LogP contribution in [-0.4, -0.2) is 89.2 Å². The highest BCUT2D eigenvalue weighted by Crippen LogP contribution is 2.26. The minimum Gasteiger partial charge on any atom is -0.479 e. The second kappa shape index (κ2) is 50.0. The SMILES string of the molecule is CC/C=C\C/C=C\C/C=C\C/C=C\C/C=C\CCCCCC(=O)OC1C(OCC(COC(=O)CCCC/C=C\C/C=C\C/C=C\C/C=C\CC)OC(=O)CCCCCCC/C=C\CCCC)OC(C(=O)O)C(O)C1O. The van der Waals surface area contributed by atoms with Gasteiger partial charge in [0.25, 0.3) is 0 Å². The predicted octanol–water partition coefficient (Wildman–Crippen LogP) is 14.4. The Bertz CT molecular complexity index is 1770. The van der Waals surface area contributed by atoms with Gasteiger partial charge in [-0.2, -0.15) is 0 Å². The molecule has 0 spiro atoms. The molecule has 0 aliphatic carbocycles. The van der Waals surface area contributed by atoms with Gasteiger partial charge in [0, 0.05) is 19.3 Å². The molecule has 0 radical (unpaired) electrons. The molecule has 0 aromatic heterocycles. The third-order valence-corrected chi connectivity index (χ3v) is 12.0. The van der Waals surface area contributed by atoms with Crippen LogP contribution in [0.2, 0.25) is 0 Å². The van der Waals surface area contributed by atoms with Gasteiger partial charge in [0.15, 0.2) is 24.6 Å². The number of aliphatic hydroxyl groups is 2. The summed E-state index contributed by atoms with van der Waals surface area (Å²) < 4.78 is 28.3. The van der Waals surface area contributed by atoms with Crippen molar-refractivity contribution in [3.05, 3.63) is 122 Å². The van der Waals surface area contributed by atoms with E-state index in [0.717, 1.165) is 128 Å². The summed E-state index contributed by atoms with van der Waals surface area (Å²) in [4.78, 5) is 51.0. The van der Waals surface area contributed by atoms with Crippen molar-refractivity contribution in [2.75, 3.05) is 13.2 Å². The topological polar surface area (TPSA) is 175 Å². The van der Waals surface area contributed by atoms with E-state index in [1.54, 1.807) is 0 Å². The van der Waals surface area contributed by atoms with Crippen molar-refractivity contribution >= 4 is 23.9 Å². The number of rotatable bonds is 46. The minimum absolute atomic E-state index is 0.00971.